The first-order valence-electron chi connectivity index (χ1n) is 5.97. The first-order chi connectivity index (χ1) is 8.52. The van der Waals surface area contributed by atoms with Crippen LogP contribution in [0.5, 0.6) is 0 Å². The van der Waals surface area contributed by atoms with E-state index in [0.717, 1.165) is 10.0 Å². The zero-order chi connectivity index (χ0) is 13.2. The van der Waals surface area contributed by atoms with Crippen LogP contribution in [0.15, 0.2) is 28.7 Å². The van der Waals surface area contributed by atoms with Crippen molar-refractivity contribution in [1.29, 1.82) is 0 Å². The van der Waals surface area contributed by atoms with Crippen LogP contribution in [0.3, 0.4) is 0 Å². The topological polar surface area (TPSA) is 61.4 Å². The number of hydrogen-bond acceptors (Lipinski definition) is 3. The second-order valence-electron chi connectivity index (χ2n) is 4.84. The van der Waals surface area contributed by atoms with Crippen molar-refractivity contribution < 1.29 is 9.90 Å². The minimum Gasteiger partial charge on any atom is -0.481 e. The van der Waals surface area contributed by atoms with Gasteiger partial charge in [0.25, 0.3) is 0 Å². The molecule has 5 heteroatoms. The Balaban J connectivity index is 2.08. The number of aliphatic carboxylic acids is 1. The number of carbonyl (C=O) groups is 1. The number of carboxylic acid groups (broad SMARTS) is 1. The van der Waals surface area contributed by atoms with Gasteiger partial charge in [0.2, 0.25) is 0 Å². The van der Waals surface area contributed by atoms with Crippen molar-refractivity contribution in [3.05, 3.63) is 34.3 Å². The van der Waals surface area contributed by atoms with Gasteiger partial charge < -0.3 is 15.7 Å². The highest BCUT2D eigenvalue weighted by atomic mass is 79.9. The van der Waals surface area contributed by atoms with Gasteiger partial charge in [-0.05, 0) is 18.6 Å². The van der Waals surface area contributed by atoms with Gasteiger partial charge in [-0.15, -0.1) is 0 Å². The van der Waals surface area contributed by atoms with E-state index in [1.54, 1.807) is 0 Å². The normalized spacial score (nSPS) is 19.0. The van der Waals surface area contributed by atoms with Crippen LogP contribution in [-0.4, -0.2) is 29.7 Å². The van der Waals surface area contributed by atoms with Gasteiger partial charge in [-0.1, -0.05) is 34.1 Å². The van der Waals surface area contributed by atoms with Crippen LogP contribution >= 0.6 is 15.9 Å². The van der Waals surface area contributed by atoms with Crippen LogP contribution in [0.4, 0.5) is 0 Å². The highest BCUT2D eigenvalue weighted by Crippen LogP contribution is 2.27. The van der Waals surface area contributed by atoms with E-state index in [-0.39, 0.29) is 18.0 Å². The zero-order valence-corrected chi connectivity index (χ0v) is 11.8. The molecule has 0 bridgehead atoms. The minimum absolute atomic E-state index is 0.113. The van der Waals surface area contributed by atoms with Gasteiger partial charge in [0.15, 0.2) is 0 Å². The maximum absolute atomic E-state index is 10.9. The predicted molar refractivity (Wildman–Crippen MR) is 73.5 cm³/mol. The molecule has 0 saturated carbocycles. The Morgan fingerprint density at radius 1 is 1.56 bits per heavy atom. The molecule has 1 heterocycles. The average Bonchev–Trinajstić information content (AvgIpc) is 2.25. The molecule has 1 aromatic rings. The summed E-state index contributed by atoms with van der Waals surface area (Å²) in [5.41, 5.74) is 0.828. The summed E-state index contributed by atoms with van der Waals surface area (Å²) in [5, 5.41) is 15.6. The molecule has 1 atom stereocenters. The maximum Gasteiger partial charge on any atom is 0.305 e. The third-order valence-corrected chi connectivity index (χ3v) is 4.03. The molecule has 0 amide bonds. The van der Waals surface area contributed by atoms with E-state index in [0.29, 0.717) is 13.1 Å². The van der Waals surface area contributed by atoms with E-state index >= 15 is 0 Å². The Labute approximate surface area is 115 Å². The monoisotopic (exact) mass is 312 g/mol. The standard InChI is InChI=1S/C13H17BrN2O2/c1-9(10-4-2-3-5-11(10)14)16-13(6-12(17)18)7-15-8-13/h2-5,9,15-16H,6-8H2,1H3,(H,17,18)/t9-/m0/s1. The maximum atomic E-state index is 10.9. The van der Waals surface area contributed by atoms with Crippen LogP contribution in [0.25, 0.3) is 0 Å². The van der Waals surface area contributed by atoms with Crippen molar-refractivity contribution in [1.82, 2.24) is 10.6 Å². The number of hydrogen-bond donors (Lipinski definition) is 3. The molecule has 98 valence electrons. The van der Waals surface area contributed by atoms with Crippen molar-refractivity contribution in [2.75, 3.05) is 13.1 Å². The summed E-state index contributed by atoms with van der Waals surface area (Å²) in [7, 11) is 0. The quantitative estimate of drug-likeness (QED) is 0.777. The lowest BCUT2D eigenvalue weighted by Gasteiger charge is -2.44. The Bertz CT molecular complexity index is 446. The summed E-state index contributed by atoms with van der Waals surface area (Å²) >= 11 is 3.52. The summed E-state index contributed by atoms with van der Waals surface area (Å²) in [6.07, 6.45) is 0.148. The van der Waals surface area contributed by atoms with Crippen LogP contribution < -0.4 is 10.6 Å². The Kier molecular flexibility index (Phi) is 4.04. The average molecular weight is 313 g/mol. The van der Waals surface area contributed by atoms with Crippen molar-refractivity contribution in [2.24, 2.45) is 0 Å². The van der Waals surface area contributed by atoms with E-state index in [1.807, 2.05) is 24.3 Å². The molecule has 0 unspecified atom stereocenters. The smallest absolute Gasteiger partial charge is 0.305 e. The molecule has 1 aliphatic heterocycles. The van der Waals surface area contributed by atoms with Gasteiger partial charge in [0.05, 0.1) is 12.0 Å². The predicted octanol–water partition coefficient (Wildman–Crippen LogP) is 1.92. The van der Waals surface area contributed by atoms with Gasteiger partial charge >= 0.3 is 5.97 Å². The highest BCUT2D eigenvalue weighted by molar-refractivity contribution is 9.10. The molecule has 3 N–H and O–H groups in total. The van der Waals surface area contributed by atoms with Crippen LogP contribution in [0.1, 0.15) is 24.9 Å². The molecular weight excluding hydrogens is 296 g/mol. The summed E-state index contributed by atoms with van der Waals surface area (Å²) < 4.78 is 1.04. The Hall–Kier alpha value is -0.910. The molecule has 1 saturated heterocycles. The SMILES string of the molecule is C[C@H](NC1(CC(=O)O)CNC1)c1ccccc1Br. The van der Waals surface area contributed by atoms with Crippen LogP contribution in [0, 0.1) is 0 Å². The third kappa shape index (κ3) is 2.91. The molecule has 2 rings (SSSR count). The summed E-state index contributed by atoms with van der Waals surface area (Å²) in [6.45, 7) is 3.46. The summed E-state index contributed by atoms with van der Waals surface area (Å²) in [4.78, 5) is 10.9. The molecular formula is C13H17BrN2O2. The molecule has 0 radical (unpaired) electrons. The second-order valence-corrected chi connectivity index (χ2v) is 5.70. The van der Waals surface area contributed by atoms with Crippen LogP contribution in [-0.2, 0) is 4.79 Å². The highest BCUT2D eigenvalue weighted by Gasteiger charge is 2.40. The lowest BCUT2D eigenvalue weighted by atomic mass is 9.87. The Morgan fingerprint density at radius 2 is 2.22 bits per heavy atom. The molecule has 0 spiro atoms. The Morgan fingerprint density at radius 3 is 2.72 bits per heavy atom. The lowest BCUT2D eigenvalue weighted by Crippen LogP contribution is -2.68. The van der Waals surface area contributed by atoms with Gasteiger partial charge in [0.1, 0.15) is 0 Å². The lowest BCUT2D eigenvalue weighted by molar-refractivity contribution is -0.139. The molecule has 0 aliphatic carbocycles. The van der Waals surface area contributed by atoms with E-state index in [9.17, 15) is 4.79 Å². The number of benzene rings is 1. The molecule has 4 nitrogen and oxygen atoms in total. The molecule has 1 fully saturated rings. The number of rotatable bonds is 5. The van der Waals surface area contributed by atoms with Gasteiger partial charge in [-0.25, -0.2) is 0 Å². The summed E-state index contributed by atoms with van der Waals surface area (Å²) in [5.74, 6) is -0.761. The van der Waals surface area contributed by atoms with E-state index < -0.39 is 5.97 Å². The molecule has 18 heavy (non-hydrogen) atoms. The van der Waals surface area contributed by atoms with E-state index in [1.165, 1.54) is 0 Å². The van der Waals surface area contributed by atoms with Crippen molar-refractivity contribution in [2.45, 2.75) is 24.9 Å². The number of carboxylic acids is 1. The summed E-state index contributed by atoms with van der Waals surface area (Å²) in [6, 6.07) is 8.11. The van der Waals surface area contributed by atoms with Gasteiger partial charge in [-0.2, -0.15) is 0 Å². The van der Waals surface area contributed by atoms with Crippen molar-refractivity contribution >= 4 is 21.9 Å². The molecule has 0 aromatic heterocycles. The zero-order valence-electron chi connectivity index (χ0n) is 10.2. The first kappa shape index (κ1) is 13.5. The fourth-order valence-electron chi connectivity index (χ4n) is 2.36. The van der Waals surface area contributed by atoms with E-state index in [2.05, 4.69) is 33.5 Å². The van der Waals surface area contributed by atoms with E-state index in [4.69, 9.17) is 5.11 Å². The second kappa shape index (κ2) is 5.38. The van der Waals surface area contributed by atoms with Gasteiger partial charge in [0, 0.05) is 23.6 Å². The fourth-order valence-corrected chi connectivity index (χ4v) is 2.99. The fraction of sp³-hybridized carbons (Fsp3) is 0.462. The number of halogens is 1. The minimum atomic E-state index is -0.761. The van der Waals surface area contributed by atoms with Gasteiger partial charge in [-0.3, -0.25) is 4.79 Å². The third-order valence-electron chi connectivity index (χ3n) is 3.31. The van der Waals surface area contributed by atoms with Crippen molar-refractivity contribution in [3.63, 3.8) is 0 Å². The van der Waals surface area contributed by atoms with Crippen molar-refractivity contribution in [3.8, 4) is 0 Å². The molecule has 1 aliphatic rings. The first-order valence-corrected chi connectivity index (χ1v) is 6.76. The van der Waals surface area contributed by atoms with Crippen LogP contribution in [0.2, 0.25) is 0 Å². The number of nitrogens with one attached hydrogen (secondary N) is 2. The molecule has 1 aromatic carbocycles. The largest absolute Gasteiger partial charge is 0.481 e.